The highest BCUT2D eigenvalue weighted by Gasteiger charge is 2.39. The third-order valence-corrected chi connectivity index (χ3v) is 7.79. The Morgan fingerprint density at radius 1 is 1.16 bits per heavy atom. The summed E-state index contributed by atoms with van der Waals surface area (Å²) in [7, 11) is 1.60. The number of carbonyl (C=O) groups excluding carboxylic acids is 1. The number of carbonyl (C=O) groups is 2. The fraction of sp³-hybridized carbons (Fsp3) is 0.400. The van der Waals surface area contributed by atoms with Crippen LogP contribution < -0.4 is 20.9 Å². The summed E-state index contributed by atoms with van der Waals surface area (Å²) in [4.78, 5) is 42.5. The molecule has 0 bridgehead atoms. The van der Waals surface area contributed by atoms with Crippen LogP contribution in [0.15, 0.2) is 23.0 Å². The van der Waals surface area contributed by atoms with Gasteiger partial charge in [-0.05, 0) is 50.3 Å². The number of carboxylic acids is 1. The molecule has 1 aliphatic heterocycles. The third kappa shape index (κ3) is 6.61. The molecule has 1 amide bonds. The van der Waals surface area contributed by atoms with Crippen molar-refractivity contribution in [1.29, 1.82) is 0 Å². The maximum absolute atomic E-state index is 14.9. The summed E-state index contributed by atoms with van der Waals surface area (Å²) in [5.74, 6) is -8.63. The Morgan fingerprint density at radius 2 is 1.84 bits per heavy atom. The van der Waals surface area contributed by atoms with Gasteiger partial charge in [0.25, 0.3) is 11.5 Å². The van der Waals surface area contributed by atoms with E-state index in [0.29, 0.717) is 53.3 Å². The highest BCUT2D eigenvalue weighted by molar-refractivity contribution is 5.97. The van der Waals surface area contributed by atoms with Crippen molar-refractivity contribution in [3.63, 3.8) is 0 Å². The van der Waals surface area contributed by atoms with Gasteiger partial charge in [-0.2, -0.15) is 13.2 Å². The van der Waals surface area contributed by atoms with Crippen LogP contribution in [-0.4, -0.2) is 51.4 Å². The number of alkyl halides is 3. The molecular weight excluding hydrogens is 610 g/mol. The molecule has 0 spiro atoms. The van der Waals surface area contributed by atoms with E-state index in [-0.39, 0.29) is 23.7 Å². The van der Waals surface area contributed by atoms with Crippen LogP contribution in [0.5, 0.6) is 5.75 Å². The van der Waals surface area contributed by atoms with E-state index in [1.54, 1.807) is 26.2 Å². The number of aryl methyl sites for hydroxylation is 1. The Hall–Kier alpha value is -4.56. The van der Waals surface area contributed by atoms with Gasteiger partial charge in [0, 0.05) is 30.8 Å². The number of aliphatic carboxylic acids is 1. The van der Waals surface area contributed by atoms with Crippen molar-refractivity contribution in [3.05, 3.63) is 74.1 Å². The van der Waals surface area contributed by atoms with Gasteiger partial charge < -0.3 is 25.0 Å². The summed E-state index contributed by atoms with van der Waals surface area (Å²) in [6.45, 7) is 4.93. The lowest BCUT2D eigenvalue weighted by molar-refractivity contribution is -0.143. The number of aromatic nitrogens is 2. The van der Waals surface area contributed by atoms with E-state index in [9.17, 15) is 45.8 Å². The minimum atomic E-state index is -4.86. The van der Waals surface area contributed by atoms with Crippen molar-refractivity contribution in [1.82, 2.24) is 14.9 Å². The van der Waals surface area contributed by atoms with E-state index >= 15 is 0 Å². The van der Waals surface area contributed by atoms with Gasteiger partial charge in [-0.15, -0.1) is 0 Å². The number of nitrogens with one attached hydrogen (secondary N) is 2. The van der Waals surface area contributed by atoms with Gasteiger partial charge in [-0.3, -0.25) is 9.59 Å². The van der Waals surface area contributed by atoms with Gasteiger partial charge in [0.1, 0.15) is 34.9 Å². The highest BCUT2D eigenvalue weighted by atomic mass is 19.4. The number of benzene rings is 2. The van der Waals surface area contributed by atoms with E-state index in [0.717, 1.165) is 6.92 Å². The van der Waals surface area contributed by atoms with Crippen LogP contribution in [0.25, 0.3) is 11.3 Å². The van der Waals surface area contributed by atoms with E-state index in [1.165, 1.54) is 16.7 Å². The zero-order valence-electron chi connectivity index (χ0n) is 24.7. The quantitative estimate of drug-likeness (QED) is 0.223. The van der Waals surface area contributed by atoms with Gasteiger partial charge in [-0.25, -0.2) is 22.9 Å². The number of hydrogen-bond acceptors (Lipinski definition) is 6. The molecule has 242 valence electrons. The predicted octanol–water partition coefficient (Wildman–Crippen LogP) is 4.98. The number of halogens is 6. The first-order valence-corrected chi connectivity index (χ1v) is 13.9. The van der Waals surface area contributed by atoms with Gasteiger partial charge in [0.15, 0.2) is 11.6 Å². The van der Waals surface area contributed by atoms with E-state index in [4.69, 9.17) is 4.74 Å². The standard InChI is InChI=1S/C30H30F6N4O5/c1-5-21(30(34,35)36)38-19-12-18(31)22(24(33)23(19)32)27(41)39-20(29(43)44)11-15-8-9-17(26-16(15)7-6-10-45-26)25-28(42)40(4)14(3)13(2)37-25/h8-9,12,20-21,38H,5-7,10-11H2,1-4H3,(H,39,41)(H,43,44)/t20-,21+/m0/s1. The Labute approximate surface area is 253 Å². The Balaban J connectivity index is 1.66. The molecule has 2 atom stereocenters. The van der Waals surface area contributed by atoms with E-state index in [2.05, 4.69) is 4.98 Å². The summed E-state index contributed by atoms with van der Waals surface area (Å²) in [5, 5.41) is 13.5. The number of carboxylic acid groups (broad SMARTS) is 1. The molecule has 0 radical (unpaired) electrons. The maximum atomic E-state index is 14.9. The van der Waals surface area contributed by atoms with Crippen LogP contribution in [0.4, 0.5) is 32.0 Å². The SMILES string of the molecule is CC[C@@H](Nc1cc(F)c(C(=O)N[C@@H](Cc2ccc(-c3nc(C)c(C)n(C)c3=O)c3c2CCCO3)C(=O)O)c(F)c1F)C(F)(F)F. The zero-order chi connectivity index (χ0) is 33.4. The second kappa shape index (κ2) is 12.8. The first-order chi connectivity index (χ1) is 21.1. The van der Waals surface area contributed by atoms with Gasteiger partial charge >= 0.3 is 12.1 Å². The molecule has 2 heterocycles. The average Bonchev–Trinajstić information content (AvgIpc) is 2.98. The number of hydrogen-bond donors (Lipinski definition) is 3. The average molecular weight is 641 g/mol. The molecule has 45 heavy (non-hydrogen) atoms. The predicted molar refractivity (Wildman–Crippen MR) is 151 cm³/mol. The fourth-order valence-electron chi connectivity index (χ4n) is 5.10. The molecule has 1 aliphatic rings. The molecule has 2 aromatic carbocycles. The number of nitrogens with zero attached hydrogens (tertiary/aromatic N) is 2. The third-order valence-electron chi connectivity index (χ3n) is 7.79. The number of anilines is 1. The molecule has 0 aliphatic carbocycles. The van der Waals surface area contributed by atoms with Gasteiger partial charge in [0.2, 0.25) is 0 Å². The second-order valence-electron chi connectivity index (χ2n) is 10.7. The monoisotopic (exact) mass is 640 g/mol. The number of ether oxygens (including phenoxy) is 1. The molecule has 3 aromatic rings. The number of fused-ring (bicyclic) bond motifs is 1. The molecule has 0 fully saturated rings. The normalized spacial score (nSPS) is 14.3. The largest absolute Gasteiger partial charge is 0.493 e. The van der Waals surface area contributed by atoms with Crippen LogP contribution >= 0.6 is 0 Å². The Morgan fingerprint density at radius 3 is 2.47 bits per heavy atom. The Kier molecular flexibility index (Phi) is 9.49. The first kappa shape index (κ1) is 33.3. The molecule has 3 N–H and O–H groups in total. The summed E-state index contributed by atoms with van der Waals surface area (Å²) in [5.41, 5.74) is -0.292. The summed E-state index contributed by atoms with van der Waals surface area (Å²) in [6.07, 6.45) is -4.85. The van der Waals surface area contributed by atoms with Crippen molar-refractivity contribution in [3.8, 4) is 17.0 Å². The summed E-state index contributed by atoms with van der Waals surface area (Å²) < 4.78 is 91.0. The number of amides is 1. The van der Waals surface area contributed by atoms with Gasteiger partial charge in [0.05, 0.1) is 18.0 Å². The van der Waals surface area contributed by atoms with Crippen molar-refractivity contribution in [2.24, 2.45) is 7.05 Å². The minimum Gasteiger partial charge on any atom is -0.493 e. The molecular formula is C30H30F6N4O5. The lowest BCUT2D eigenvalue weighted by Crippen LogP contribution is -2.43. The van der Waals surface area contributed by atoms with Crippen LogP contribution in [0, 0.1) is 31.3 Å². The van der Waals surface area contributed by atoms with Crippen molar-refractivity contribution in [2.45, 2.75) is 64.7 Å². The summed E-state index contributed by atoms with van der Waals surface area (Å²) >= 11 is 0. The molecule has 15 heteroatoms. The van der Waals surface area contributed by atoms with Gasteiger partial charge in [-0.1, -0.05) is 13.0 Å². The highest BCUT2D eigenvalue weighted by Crippen LogP contribution is 2.37. The second-order valence-corrected chi connectivity index (χ2v) is 10.7. The molecule has 0 saturated carbocycles. The van der Waals surface area contributed by atoms with Crippen molar-refractivity contribution >= 4 is 17.6 Å². The van der Waals surface area contributed by atoms with Crippen LogP contribution in [-0.2, 0) is 24.7 Å². The molecule has 1 aromatic heterocycles. The van der Waals surface area contributed by atoms with Crippen molar-refractivity contribution < 1.29 is 45.8 Å². The molecule has 4 rings (SSSR count). The maximum Gasteiger partial charge on any atom is 0.408 e. The number of rotatable bonds is 9. The van der Waals surface area contributed by atoms with Crippen LogP contribution in [0.1, 0.15) is 52.6 Å². The van der Waals surface area contributed by atoms with Crippen LogP contribution in [0.3, 0.4) is 0 Å². The lowest BCUT2D eigenvalue weighted by atomic mass is 9.91. The lowest BCUT2D eigenvalue weighted by Gasteiger charge is -2.25. The first-order valence-electron chi connectivity index (χ1n) is 13.9. The van der Waals surface area contributed by atoms with E-state index in [1.807, 2.05) is 5.32 Å². The zero-order valence-corrected chi connectivity index (χ0v) is 24.7. The topological polar surface area (TPSA) is 123 Å². The molecule has 0 saturated heterocycles. The van der Waals surface area contributed by atoms with E-state index < -0.39 is 65.3 Å². The fourth-order valence-corrected chi connectivity index (χ4v) is 5.10. The smallest absolute Gasteiger partial charge is 0.408 e. The van der Waals surface area contributed by atoms with Crippen molar-refractivity contribution in [2.75, 3.05) is 11.9 Å². The summed E-state index contributed by atoms with van der Waals surface area (Å²) in [6, 6.07) is -0.820. The molecule has 0 unspecified atom stereocenters. The molecule has 9 nitrogen and oxygen atoms in total. The minimum absolute atomic E-state index is 0.125. The Bertz CT molecular complexity index is 1720. The van der Waals surface area contributed by atoms with Crippen LogP contribution in [0.2, 0.25) is 0 Å².